The van der Waals surface area contributed by atoms with Gasteiger partial charge in [-0.1, -0.05) is 42.0 Å². The summed E-state index contributed by atoms with van der Waals surface area (Å²) in [7, 11) is -4.14. The van der Waals surface area contributed by atoms with Gasteiger partial charge in [-0.15, -0.1) is 0 Å². The molecule has 3 heterocycles. The second-order valence-electron chi connectivity index (χ2n) is 9.29. The van der Waals surface area contributed by atoms with Crippen LogP contribution in [0.2, 0.25) is 0 Å². The maximum absolute atomic E-state index is 13.7. The maximum atomic E-state index is 13.7. The lowest BCUT2D eigenvalue weighted by Gasteiger charge is -2.37. The molecule has 0 aliphatic carbocycles. The molecule has 0 atom stereocenters. The molecular formula is C29H27N5O3S. The smallest absolute Gasteiger partial charge is 0.267 e. The van der Waals surface area contributed by atoms with Gasteiger partial charge in [-0.05, 0) is 55.8 Å². The van der Waals surface area contributed by atoms with E-state index in [1.54, 1.807) is 24.4 Å². The molecule has 38 heavy (non-hydrogen) atoms. The van der Waals surface area contributed by atoms with Crippen molar-refractivity contribution in [1.82, 2.24) is 9.38 Å². The van der Waals surface area contributed by atoms with Gasteiger partial charge in [0.15, 0.2) is 0 Å². The van der Waals surface area contributed by atoms with Gasteiger partial charge in [0, 0.05) is 38.1 Å². The minimum absolute atomic E-state index is 0.00128. The highest BCUT2D eigenvalue weighted by atomic mass is 32.2. The van der Waals surface area contributed by atoms with Crippen molar-refractivity contribution in [2.24, 2.45) is 0 Å². The number of benzene rings is 2. The summed E-state index contributed by atoms with van der Waals surface area (Å²) in [6, 6.07) is 21.8. The predicted molar refractivity (Wildman–Crippen MR) is 149 cm³/mol. The van der Waals surface area contributed by atoms with Crippen LogP contribution in [0, 0.1) is 25.2 Å². The third kappa shape index (κ3) is 4.66. The molecule has 4 aromatic rings. The first-order chi connectivity index (χ1) is 18.3. The largest absolute Gasteiger partial charge is 0.368 e. The number of pyridine rings is 1. The van der Waals surface area contributed by atoms with E-state index in [1.807, 2.05) is 49.1 Å². The van der Waals surface area contributed by atoms with Gasteiger partial charge in [0.2, 0.25) is 9.84 Å². The molecule has 0 saturated carbocycles. The highest BCUT2D eigenvalue weighted by Crippen LogP contribution is 2.26. The first-order valence-electron chi connectivity index (χ1n) is 12.3. The van der Waals surface area contributed by atoms with Crippen LogP contribution in [0.1, 0.15) is 16.7 Å². The Morgan fingerprint density at radius 1 is 0.921 bits per heavy atom. The van der Waals surface area contributed by atoms with Crippen molar-refractivity contribution < 1.29 is 8.42 Å². The molecule has 8 nitrogen and oxygen atoms in total. The normalized spacial score (nSPS) is 14.5. The number of fused-ring (bicyclic) bond motifs is 1. The minimum Gasteiger partial charge on any atom is -0.368 e. The number of rotatable bonds is 5. The van der Waals surface area contributed by atoms with Crippen molar-refractivity contribution in [3.05, 3.63) is 105 Å². The second-order valence-corrected chi connectivity index (χ2v) is 11.2. The summed E-state index contributed by atoms with van der Waals surface area (Å²) in [4.78, 5) is 22.3. The fraction of sp³-hybridized carbons (Fsp3) is 0.207. The molecule has 1 saturated heterocycles. The van der Waals surface area contributed by atoms with E-state index in [0.29, 0.717) is 37.6 Å². The van der Waals surface area contributed by atoms with Gasteiger partial charge >= 0.3 is 0 Å². The van der Waals surface area contributed by atoms with Gasteiger partial charge in [-0.2, -0.15) is 5.26 Å². The molecule has 0 spiro atoms. The van der Waals surface area contributed by atoms with Gasteiger partial charge in [0.05, 0.1) is 10.5 Å². The molecule has 2 aromatic carbocycles. The van der Waals surface area contributed by atoms with E-state index < -0.39 is 20.3 Å². The van der Waals surface area contributed by atoms with Crippen LogP contribution in [-0.2, 0) is 9.84 Å². The average Bonchev–Trinajstić information content (AvgIpc) is 2.93. The van der Waals surface area contributed by atoms with Crippen LogP contribution in [0.25, 0.3) is 11.7 Å². The average molecular weight is 526 g/mol. The molecule has 2 aromatic heterocycles. The molecule has 1 aliphatic rings. The number of aromatic nitrogens is 2. The summed E-state index contributed by atoms with van der Waals surface area (Å²) in [5.74, 6) is 0.379. The zero-order valence-corrected chi connectivity index (χ0v) is 22.0. The molecule has 9 heteroatoms. The van der Waals surface area contributed by atoms with Crippen LogP contribution in [0.15, 0.2) is 87.5 Å². The van der Waals surface area contributed by atoms with Crippen molar-refractivity contribution in [3.8, 4) is 6.07 Å². The van der Waals surface area contributed by atoms with Crippen molar-refractivity contribution in [1.29, 1.82) is 5.26 Å². The molecule has 0 amide bonds. The molecular weight excluding hydrogens is 498 g/mol. The summed E-state index contributed by atoms with van der Waals surface area (Å²) in [5, 5.41) is 9.90. The Morgan fingerprint density at radius 2 is 1.58 bits per heavy atom. The first kappa shape index (κ1) is 25.2. The zero-order valence-electron chi connectivity index (χ0n) is 21.2. The standard InChI is InChI=1S/C29H27N5O3S/c1-21-10-12-24(13-11-21)38(36,37)25(20-30)19-26-28(31-27-22(2)7-6-14-34(27)29(26)35)33-17-15-32(16-18-33)23-8-4-3-5-9-23/h3-14,19H,15-18H2,1-2H3. The molecule has 0 bridgehead atoms. The fourth-order valence-corrected chi connectivity index (χ4v) is 5.77. The molecule has 0 unspecified atom stereocenters. The Balaban J connectivity index is 1.62. The number of para-hydroxylation sites is 1. The lowest BCUT2D eigenvalue weighted by Crippen LogP contribution is -2.47. The molecule has 192 valence electrons. The number of anilines is 2. The Bertz CT molecular complexity index is 1730. The fourth-order valence-electron chi connectivity index (χ4n) is 4.63. The minimum atomic E-state index is -4.14. The Morgan fingerprint density at radius 3 is 2.24 bits per heavy atom. The molecule has 0 radical (unpaired) electrons. The summed E-state index contributed by atoms with van der Waals surface area (Å²) in [6.45, 7) is 6.29. The van der Waals surface area contributed by atoms with Gasteiger partial charge < -0.3 is 9.80 Å². The van der Waals surface area contributed by atoms with Gasteiger partial charge in [0.1, 0.15) is 22.4 Å². The van der Waals surface area contributed by atoms with Gasteiger partial charge in [-0.3, -0.25) is 9.20 Å². The third-order valence-electron chi connectivity index (χ3n) is 6.77. The zero-order chi connectivity index (χ0) is 26.9. The predicted octanol–water partition coefficient (Wildman–Crippen LogP) is 3.98. The quantitative estimate of drug-likeness (QED) is 0.364. The lowest BCUT2D eigenvalue weighted by molar-refractivity contribution is 0.603. The first-order valence-corrected chi connectivity index (χ1v) is 13.8. The van der Waals surface area contributed by atoms with Crippen LogP contribution >= 0.6 is 0 Å². The number of sulfone groups is 1. The van der Waals surface area contributed by atoms with E-state index in [0.717, 1.165) is 16.8 Å². The van der Waals surface area contributed by atoms with E-state index in [9.17, 15) is 18.5 Å². The molecule has 0 N–H and O–H groups in total. The van der Waals surface area contributed by atoms with Crippen molar-refractivity contribution in [3.63, 3.8) is 0 Å². The molecule has 1 aliphatic heterocycles. The van der Waals surface area contributed by atoms with E-state index >= 15 is 0 Å². The SMILES string of the molecule is Cc1ccc(S(=O)(=O)C(C#N)=Cc2c(N3CCN(c4ccccc4)CC3)nc3c(C)cccn3c2=O)cc1. The lowest BCUT2D eigenvalue weighted by atomic mass is 10.2. The van der Waals surface area contributed by atoms with Gasteiger partial charge in [-0.25, -0.2) is 13.4 Å². The second kappa shape index (κ2) is 10.1. The number of allylic oxidation sites excluding steroid dienone is 1. The summed E-state index contributed by atoms with van der Waals surface area (Å²) in [5.41, 5.74) is 2.98. The highest BCUT2D eigenvalue weighted by molar-refractivity contribution is 7.95. The number of piperazine rings is 1. The Labute approximate surface area is 221 Å². The number of nitriles is 1. The topological polar surface area (TPSA) is 98.8 Å². The highest BCUT2D eigenvalue weighted by Gasteiger charge is 2.26. The summed E-state index contributed by atoms with van der Waals surface area (Å²) in [6.07, 6.45) is 2.78. The van der Waals surface area contributed by atoms with Gasteiger partial charge in [0.25, 0.3) is 5.56 Å². The monoisotopic (exact) mass is 525 g/mol. The van der Waals surface area contributed by atoms with Crippen LogP contribution in [0.4, 0.5) is 11.5 Å². The summed E-state index contributed by atoms with van der Waals surface area (Å²) >= 11 is 0. The van der Waals surface area contributed by atoms with Crippen molar-refractivity contribution >= 4 is 33.1 Å². The van der Waals surface area contributed by atoms with Crippen LogP contribution in [-0.4, -0.2) is 44.0 Å². The third-order valence-corrected chi connectivity index (χ3v) is 8.45. The van der Waals surface area contributed by atoms with E-state index in [2.05, 4.69) is 17.0 Å². The summed E-state index contributed by atoms with van der Waals surface area (Å²) < 4.78 is 28.1. The number of nitrogens with zero attached hydrogens (tertiary/aromatic N) is 5. The van der Waals surface area contributed by atoms with E-state index in [-0.39, 0.29) is 10.5 Å². The maximum Gasteiger partial charge on any atom is 0.267 e. The molecule has 1 fully saturated rings. The Hall–Kier alpha value is -4.42. The van der Waals surface area contributed by atoms with Crippen LogP contribution < -0.4 is 15.4 Å². The molecule has 5 rings (SSSR count). The number of hydrogen-bond donors (Lipinski definition) is 0. The van der Waals surface area contributed by atoms with Crippen molar-refractivity contribution in [2.75, 3.05) is 36.0 Å². The Kier molecular flexibility index (Phi) is 6.74. The van der Waals surface area contributed by atoms with E-state index in [4.69, 9.17) is 4.98 Å². The van der Waals surface area contributed by atoms with E-state index in [1.165, 1.54) is 22.6 Å². The van der Waals surface area contributed by atoms with Crippen LogP contribution in [0.3, 0.4) is 0 Å². The number of hydrogen-bond acceptors (Lipinski definition) is 7. The number of aryl methyl sites for hydroxylation is 2. The van der Waals surface area contributed by atoms with Crippen molar-refractivity contribution in [2.45, 2.75) is 18.7 Å². The van der Waals surface area contributed by atoms with Crippen LogP contribution in [0.5, 0.6) is 0 Å².